The summed E-state index contributed by atoms with van der Waals surface area (Å²) >= 11 is 0. The van der Waals surface area contributed by atoms with Crippen molar-refractivity contribution in [3.05, 3.63) is 35.4 Å². The number of piperazine rings is 1. The molecule has 3 aliphatic rings. The summed E-state index contributed by atoms with van der Waals surface area (Å²) in [4.78, 5) is 43.0. The van der Waals surface area contributed by atoms with E-state index in [4.69, 9.17) is 0 Å². The quantitative estimate of drug-likeness (QED) is 0.721. The molecular weight excluding hydrogens is 437 g/mol. The average molecular weight is 467 g/mol. The first-order valence-electron chi connectivity index (χ1n) is 11.5. The second-order valence-corrected chi connectivity index (χ2v) is 9.08. The van der Waals surface area contributed by atoms with E-state index in [0.717, 1.165) is 25.0 Å². The number of carbonyl (C=O) groups is 3. The van der Waals surface area contributed by atoms with Crippen molar-refractivity contribution in [1.82, 2.24) is 20.0 Å². The number of likely N-dealkylation sites (tertiary alicyclic amines) is 1. The van der Waals surface area contributed by atoms with Crippen LogP contribution >= 0.6 is 0 Å². The number of amides is 3. The average Bonchev–Trinajstić information content (AvgIpc) is 3.62. The van der Waals surface area contributed by atoms with Gasteiger partial charge in [-0.2, -0.15) is 13.2 Å². The first-order chi connectivity index (χ1) is 15.7. The van der Waals surface area contributed by atoms with E-state index in [0.29, 0.717) is 64.7 Å². The highest BCUT2D eigenvalue weighted by Gasteiger charge is 2.33. The normalized spacial score (nSPS) is 20.6. The molecule has 0 atom stereocenters. The Labute approximate surface area is 190 Å². The fourth-order valence-electron chi connectivity index (χ4n) is 4.40. The minimum atomic E-state index is -4.44. The molecule has 1 aliphatic carbocycles. The van der Waals surface area contributed by atoms with Gasteiger partial charge in [-0.25, -0.2) is 0 Å². The van der Waals surface area contributed by atoms with Crippen molar-refractivity contribution in [2.24, 2.45) is 5.92 Å². The van der Waals surface area contributed by atoms with Crippen LogP contribution in [-0.4, -0.2) is 84.3 Å². The largest absolute Gasteiger partial charge is 0.416 e. The molecule has 0 spiro atoms. The Kier molecular flexibility index (Phi) is 6.92. The fourth-order valence-corrected chi connectivity index (χ4v) is 4.40. The molecule has 4 rings (SSSR count). The second-order valence-electron chi connectivity index (χ2n) is 9.08. The van der Waals surface area contributed by atoms with Gasteiger partial charge in [-0.3, -0.25) is 19.3 Å². The minimum Gasteiger partial charge on any atom is -0.352 e. The van der Waals surface area contributed by atoms with Crippen molar-refractivity contribution in [2.75, 3.05) is 45.8 Å². The number of alkyl halides is 3. The topological polar surface area (TPSA) is 73.0 Å². The number of benzene rings is 1. The van der Waals surface area contributed by atoms with Gasteiger partial charge in [-0.15, -0.1) is 0 Å². The highest BCUT2D eigenvalue weighted by Crippen LogP contribution is 2.29. The summed E-state index contributed by atoms with van der Waals surface area (Å²) in [5.74, 6) is -0.347. The molecule has 0 radical (unpaired) electrons. The van der Waals surface area contributed by atoms with E-state index in [1.807, 2.05) is 4.90 Å². The monoisotopic (exact) mass is 466 g/mol. The van der Waals surface area contributed by atoms with Crippen LogP contribution in [0.3, 0.4) is 0 Å². The van der Waals surface area contributed by atoms with Gasteiger partial charge in [0.05, 0.1) is 12.1 Å². The zero-order valence-electron chi connectivity index (χ0n) is 18.4. The zero-order chi connectivity index (χ0) is 23.6. The molecular formula is C23H29F3N4O3. The molecule has 3 fully saturated rings. The van der Waals surface area contributed by atoms with Crippen LogP contribution in [0.5, 0.6) is 0 Å². The summed E-state index contributed by atoms with van der Waals surface area (Å²) < 4.78 is 38.2. The van der Waals surface area contributed by atoms with Gasteiger partial charge in [-0.05, 0) is 49.9 Å². The SMILES string of the molecule is O=C(CN1CCN(C(=O)C2CCN(C(=O)c3ccc(C(F)(F)F)cc3)CC2)CC1)NC1CC1. The molecule has 1 aromatic rings. The number of halogens is 3. The number of nitrogens with zero attached hydrogens (tertiary/aromatic N) is 3. The molecule has 0 aromatic heterocycles. The Bertz CT molecular complexity index is 870. The Balaban J connectivity index is 1.21. The van der Waals surface area contributed by atoms with E-state index >= 15 is 0 Å². The molecule has 1 aromatic carbocycles. The Morgan fingerprint density at radius 1 is 0.848 bits per heavy atom. The van der Waals surface area contributed by atoms with E-state index in [1.165, 1.54) is 12.1 Å². The molecule has 1 N–H and O–H groups in total. The lowest BCUT2D eigenvalue weighted by Gasteiger charge is -2.38. The van der Waals surface area contributed by atoms with Crippen LogP contribution in [0.25, 0.3) is 0 Å². The highest BCUT2D eigenvalue weighted by molar-refractivity contribution is 5.94. The van der Waals surface area contributed by atoms with E-state index in [1.54, 1.807) is 4.90 Å². The first-order valence-corrected chi connectivity index (χ1v) is 11.5. The van der Waals surface area contributed by atoms with Gasteiger partial charge in [0.15, 0.2) is 0 Å². The van der Waals surface area contributed by atoms with Crippen LogP contribution in [0, 0.1) is 5.92 Å². The van der Waals surface area contributed by atoms with Crippen LogP contribution in [0.1, 0.15) is 41.6 Å². The molecule has 2 saturated heterocycles. The molecule has 180 valence electrons. The maximum atomic E-state index is 12.9. The molecule has 0 bridgehead atoms. The molecule has 7 nitrogen and oxygen atoms in total. The zero-order valence-corrected chi connectivity index (χ0v) is 18.4. The van der Waals surface area contributed by atoms with Gasteiger partial charge >= 0.3 is 6.18 Å². The lowest BCUT2D eigenvalue weighted by atomic mass is 9.94. The van der Waals surface area contributed by atoms with Crippen molar-refractivity contribution in [2.45, 2.75) is 37.9 Å². The second kappa shape index (κ2) is 9.70. The molecule has 33 heavy (non-hydrogen) atoms. The summed E-state index contributed by atoms with van der Waals surface area (Å²) in [6, 6.07) is 4.58. The number of carbonyl (C=O) groups excluding carboxylic acids is 3. The van der Waals surface area contributed by atoms with Crippen LogP contribution < -0.4 is 5.32 Å². The predicted octanol–water partition coefficient (Wildman–Crippen LogP) is 1.98. The predicted molar refractivity (Wildman–Crippen MR) is 114 cm³/mol. The summed E-state index contributed by atoms with van der Waals surface area (Å²) in [5.41, 5.74) is -0.568. The fraction of sp³-hybridized carbons (Fsp3) is 0.609. The molecule has 2 heterocycles. The van der Waals surface area contributed by atoms with Crippen LogP contribution in [0.2, 0.25) is 0 Å². The van der Waals surface area contributed by atoms with Crippen LogP contribution in [-0.2, 0) is 15.8 Å². The van der Waals surface area contributed by atoms with Crippen molar-refractivity contribution in [3.63, 3.8) is 0 Å². The van der Waals surface area contributed by atoms with Crippen molar-refractivity contribution in [1.29, 1.82) is 0 Å². The number of rotatable bonds is 5. The Morgan fingerprint density at radius 3 is 2.00 bits per heavy atom. The van der Waals surface area contributed by atoms with Gasteiger partial charge in [0.2, 0.25) is 11.8 Å². The number of hydrogen-bond donors (Lipinski definition) is 1. The molecule has 2 aliphatic heterocycles. The van der Waals surface area contributed by atoms with Crippen molar-refractivity contribution < 1.29 is 27.6 Å². The van der Waals surface area contributed by atoms with Crippen molar-refractivity contribution in [3.8, 4) is 0 Å². The van der Waals surface area contributed by atoms with Crippen molar-refractivity contribution >= 4 is 17.7 Å². The van der Waals surface area contributed by atoms with E-state index in [2.05, 4.69) is 10.2 Å². The van der Waals surface area contributed by atoms with Crippen LogP contribution in [0.4, 0.5) is 13.2 Å². The van der Waals surface area contributed by atoms with Gasteiger partial charge in [0.25, 0.3) is 5.91 Å². The maximum Gasteiger partial charge on any atom is 0.416 e. The van der Waals surface area contributed by atoms with Gasteiger partial charge < -0.3 is 15.1 Å². The van der Waals surface area contributed by atoms with Gasteiger partial charge in [-0.1, -0.05) is 0 Å². The number of nitrogens with one attached hydrogen (secondary N) is 1. The smallest absolute Gasteiger partial charge is 0.352 e. The number of piperidine rings is 1. The molecule has 0 unspecified atom stereocenters. The van der Waals surface area contributed by atoms with E-state index < -0.39 is 11.7 Å². The summed E-state index contributed by atoms with van der Waals surface area (Å²) in [5, 5.41) is 2.98. The molecule has 10 heteroatoms. The number of hydrogen-bond acceptors (Lipinski definition) is 4. The Morgan fingerprint density at radius 2 is 1.45 bits per heavy atom. The van der Waals surface area contributed by atoms with E-state index in [-0.39, 0.29) is 29.2 Å². The standard InChI is InChI=1S/C23H29F3N4O3/c24-23(25,26)18-3-1-16(2-4-18)21(32)29-9-7-17(8-10-29)22(33)30-13-11-28(12-14-30)15-20(31)27-19-5-6-19/h1-4,17,19H,5-15H2,(H,27,31). The summed E-state index contributed by atoms with van der Waals surface area (Å²) in [6.07, 6.45) is -1.25. The highest BCUT2D eigenvalue weighted by atomic mass is 19.4. The summed E-state index contributed by atoms with van der Waals surface area (Å²) in [6.45, 7) is 3.66. The summed E-state index contributed by atoms with van der Waals surface area (Å²) in [7, 11) is 0. The third kappa shape index (κ3) is 6.04. The lowest BCUT2D eigenvalue weighted by Crippen LogP contribution is -2.53. The first kappa shape index (κ1) is 23.5. The third-order valence-corrected chi connectivity index (χ3v) is 6.58. The lowest BCUT2D eigenvalue weighted by molar-refractivity contribution is -0.139. The maximum absolute atomic E-state index is 12.9. The minimum absolute atomic E-state index is 0.0439. The Hall–Kier alpha value is -2.62. The molecule has 3 amide bonds. The molecule has 1 saturated carbocycles. The third-order valence-electron chi connectivity index (χ3n) is 6.58. The van der Waals surface area contributed by atoms with Gasteiger partial charge in [0, 0.05) is 56.8 Å². The van der Waals surface area contributed by atoms with Gasteiger partial charge in [0.1, 0.15) is 0 Å². The van der Waals surface area contributed by atoms with E-state index in [9.17, 15) is 27.6 Å². The van der Waals surface area contributed by atoms with Crippen LogP contribution in [0.15, 0.2) is 24.3 Å².